The molecule has 1 aliphatic heterocycles. The van der Waals surface area contributed by atoms with Crippen LogP contribution in [0.25, 0.3) is 0 Å². The Kier molecular flexibility index (Phi) is 3.37. The minimum Gasteiger partial charge on any atom is -0.349 e. The number of aryl methyl sites for hydroxylation is 1. The van der Waals surface area contributed by atoms with E-state index in [1.54, 1.807) is 0 Å². The summed E-state index contributed by atoms with van der Waals surface area (Å²) >= 11 is 5.89. The average molecular weight is 317 g/mol. The van der Waals surface area contributed by atoms with E-state index in [-0.39, 0.29) is 11.8 Å². The molecule has 5 nitrogen and oxygen atoms in total. The van der Waals surface area contributed by atoms with Gasteiger partial charge in [0.05, 0.1) is 6.54 Å². The number of nitrogens with one attached hydrogen (secondary N) is 1. The summed E-state index contributed by atoms with van der Waals surface area (Å²) in [6, 6.07) is 7.77. The number of fused-ring (bicyclic) bond motifs is 1. The lowest BCUT2D eigenvalue weighted by atomic mass is 10.1. The Morgan fingerprint density at radius 2 is 2.14 bits per heavy atom. The summed E-state index contributed by atoms with van der Waals surface area (Å²) in [7, 11) is 0. The molecule has 0 spiro atoms. The SMILES string of the molecule is O=C(NCc1nnc2n1CCC2)[C@@H]1C[C@@H]1c1ccc(Cl)cc1. The number of hydrogen-bond acceptors (Lipinski definition) is 3. The molecule has 0 saturated heterocycles. The molecule has 2 heterocycles. The van der Waals surface area contributed by atoms with E-state index in [9.17, 15) is 4.79 Å². The second-order valence-electron chi connectivity index (χ2n) is 6.01. The van der Waals surface area contributed by atoms with Crippen molar-refractivity contribution in [3.05, 3.63) is 46.5 Å². The lowest BCUT2D eigenvalue weighted by Crippen LogP contribution is -2.26. The predicted molar refractivity (Wildman–Crippen MR) is 82.5 cm³/mol. The summed E-state index contributed by atoms with van der Waals surface area (Å²) < 4.78 is 2.11. The molecule has 1 fully saturated rings. The predicted octanol–water partition coefficient (Wildman–Crippen LogP) is 2.30. The lowest BCUT2D eigenvalue weighted by Gasteiger charge is -2.06. The molecule has 4 rings (SSSR count). The average Bonchev–Trinajstić information content (AvgIpc) is 3.01. The smallest absolute Gasteiger partial charge is 0.224 e. The number of hydrogen-bond donors (Lipinski definition) is 1. The summed E-state index contributed by atoms with van der Waals surface area (Å²) in [5, 5.41) is 12.0. The van der Waals surface area contributed by atoms with Gasteiger partial charge in [0.1, 0.15) is 5.82 Å². The summed E-state index contributed by atoms with van der Waals surface area (Å²) in [6.07, 6.45) is 3.01. The van der Waals surface area contributed by atoms with Crippen LogP contribution in [0.2, 0.25) is 5.02 Å². The zero-order valence-corrected chi connectivity index (χ0v) is 12.9. The third-order valence-corrected chi connectivity index (χ3v) is 4.78. The van der Waals surface area contributed by atoms with Crippen LogP contribution in [0, 0.1) is 5.92 Å². The molecule has 1 amide bonds. The highest BCUT2D eigenvalue weighted by Gasteiger charge is 2.43. The van der Waals surface area contributed by atoms with Crippen molar-refractivity contribution in [2.45, 2.75) is 38.3 Å². The number of benzene rings is 1. The van der Waals surface area contributed by atoms with Gasteiger partial charge in [-0.2, -0.15) is 0 Å². The molecular weight excluding hydrogens is 300 g/mol. The fraction of sp³-hybridized carbons (Fsp3) is 0.438. The van der Waals surface area contributed by atoms with Crippen LogP contribution in [0.4, 0.5) is 0 Å². The molecule has 2 aliphatic rings. The summed E-state index contributed by atoms with van der Waals surface area (Å²) in [5.74, 6) is 2.40. The number of aromatic nitrogens is 3. The highest BCUT2D eigenvalue weighted by molar-refractivity contribution is 6.30. The van der Waals surface area contributed by atoms with Gasteiger partial charge in [-0.25, -0.2) is 0 Å². The Labute approximate surface area is 133 Å². The normalized spacial score (nSPS) is 22.4. The van der Waals surface area contributed by atoms with Crippen LogP contribution in [-0.2, 0) is 24.3 Å². The van der Waals surface area contributed by atoms with E-state index >= 15 is 0 Å². The Bertz CT molecular complexity index is 709. The van der Waals surface area contributed by atoms with E-state index in [0.717, 1.165) is 42.5 Å². The molecule has 6 heteroatoms. The van der Waals surface area contributed by atoms with Crippen LogP contribution >= 0.6 is 11.6 Å². The Morgan fingerprint density at radius 3 is 2.95 bits per heavy atom. The number of amides is 1. The molecule has 1 aromatic heterocycles. The zero-order chi connectivity index (χ0) is 15.1. The first-order chi connectivity index (χ1) is 10.7. The fourth-order valence-electron chi connectivity index (χ4n) is 3.20. The minimum atomic E-state index is 0.0714. The molecule has 1 aliphatic carbocycles. The second kappa shape index (κ2) is 5.39. The van der Waals surface area contributed by atoms with Gasteiger partial charge in [0.15, 0.2) is 5.82 Å². The molecular formula is C16H17ClN4O. The summed E-state index contributed by atoms with van der Waals surface area (Å²) in [6.45, 7) is 1.43. The monoisotopic (exact) mass is 316 g/mol. The lowest BCUT2D eigenvalue weighted by molar-refractivity contribution is -0.122. The van der Waals surface area contributed by atoms with Gasteiger partial charge in [-0.1, -0.05) is 23.7 Å². The number of carbonyl (C=O) groups is 1. The molecule has 1 N–H and O–H groups in total. The van der Waals surface area contributed by atoms with Crippen LogP contribution in [0.3, 0.4) is 0 Å². The molecule has 0 radical (unpaired) electrons. The first-order valence-electron chi connectivity index (χ1n) is 7.66. The van der Waals surface area contributed by atoms with Crippen molar-refractivity contribution >= 4 is 17.5 Å². The van der Waals surface area contributed by atoms with E-state index in [2.05, 4.69) is 20.1 Å². The maximum Gasteiger partial charge on any atom is 0.224 e. The Balaban J connectivity index is 1.35. The molecule has 1 saturated carbocycles. The van der Waals surface area contributed by atoms with E-state index in [1.807, 2.05) is 24.3 Å². The third-order valence-electron chi connectivity index (χ3n) is 4.53. The van der Waals surface area contributed by atoms with Gasteiger partial charge in [0.2, 0.25) is 5.91 Å². The molecule has 0 bridgehead atoms. The van der Waals surface area contributed by atoms with Gasteiger partial charge < -0.3 is 9.88 Å². The zero-order valence-electron chi connectivity index (χ0n) is 12.1. The standard InChI is InChI=1S/C16H17ClN4O/c17-11-5-3-10(4-6-11)12-8-13(12)16(22)18-9-15-20-19-14-2-1-7-21(14)15/h3-6,12-13H,1-2,7-9H2,(H,18,22)/t12-,13-/m1/s1. The van der Waals surface area contributed by atoms with Gasteiger partial charge in [-0.05, 0) is 36.5 Å². The highest BCUT2D eigenvalue weighted by Crippen LogP contribution is 2.47. The molecule has 2 atom stereocenters. The van der Waals surface area contributed by atoms with Gasteiger partial charge in [-0.15, -0.1) is 10.2 Å². The number of carbonyl (C=O) groups excluding carboxylic acids is 1. The van der Waals surface area contributed by atoms with Crippen molar-refractivity contribution in [1.29, 1.82) is 0 Å². The third kappa shape index (κ3) is 2.50. The molecule has 114 valence electrons. The number of rotatable bonds is 4. The number of halogens is 1. The van der Waals surface area contributed by atoms with Crippen molar-refractivity contribution in [2.24, 2.45) is 5.92 Å². The fourth-order valence-corrected chi connectivity index (χ4v) is 3.33. The quantitative estimate of drug-likeness (QED) is 0.941. The van der Waals surface area contributed by atoms with Crippen LogP contribution in [0.15, 0.2) is 24.3 Å². The van der Waals surface area contributed by atoms with Gasteiger partial charge in [0.25, 0.3) is 0 Å². The van der Waals surface area contributed by atoms with E-state index < -0.39 is 0 Å². The van der Waals surface area contributed by atoms with Gasteiger partial charge >= 0.3 is 0 Å². The maximum atomic E-state index is 12.3. The van der Waals surface area contributed by atoms with Crippen LogP contribution in [0.1, 0.15) is 36.0 Å². The first kappa shape index (κ1) is 13.8. The van der Waals surface area contributed by atoms with Crippen molar-refractivity contribution in [3.8, 4) is 0 Å². The molecule has 0 unspecified atom stereocenters. The van der Waals surface area contributed by atoms with Crippen molar-refractivity contribution in [1.82, 2.24) is 20.1 Å². The molecule has 22 heavy (non-hydrogen) atoms. The van der Waals surface area contributed by atoms with Gasteiger partial charge in [0, 0.05) is 23.9 Å². The second-order valence-corrected chi connectivity index (χ2v) is 6.44. The minimum absolute atomic E-state index is 0.0714. The van der Waals surface area contributed by atoms with Crippen LogP contribution in [-0.4, -0.2) is 20.7 Å². The first-order valence-corrected chi connectivity index (χ1v) is 8.04. The van der Waals surface area contributed by atoms with Crippen molar-refractivity contribution < 1.29 is 4.79 Å². The van der Waals surface area contributed by atoms with Crippen molar-refractivity contribution in [2.75, 3.05) is 0 Å². The topological polar surface area (TPSA) is 59.8 Å². The summed E-state index contributed by atoms with van der Waals surface area (Å²) in [4.78, 5) is 12.3. The Hall–Kier alpha value is -1.88. The van der Waals surface area contributed by atoms with E-state index in [0.29, 0.717) is 12.5 Å². The molecule has 2 aromatic rings. The highest BCUT2D eigenvalue weighted by atomic mass is 35.5. The van der Waals surface area contributed by atoms with Crippen LogP contribution < -0.4 is 5.32 Å². The van der Waals surface area contributed by atoms with Crippen molar-refractivity contribution in [3.63, 3.8) is 0 Å². The summed E-state index contributed by atoms with van der Waals surface area (Å²) in [5.41, 5.74) is 1.19. The maximum absolute atomic E-state index is 12.3. The largest absolute Gasteiger partial charge is 0.349 e. The molecule has 1 aromatic carbocycles. The van der Waals surface area contributed by atoms with E-state index in [1.165, 1.54) is 5.56 Å². The van der Waals surface area contributed by atoms with Crippen LogP contribution in [0.5, 0.6) is 0 Å². The Morgan fingerprint density at radius 1 is 1.32 bits per heavy atom. The van der Waals surface area contributed by atoms with E-state index in [4.69, 9.17) is 11.6 Å². The van der Waals surface area contributed by atoms with Gasteiger partial charge in [-0.3, -0.25) is 4.79 Å². The number of nitrogens with zero attached hydrogens (tertiary/aromatic N) is 3.